The second kappa shape index (κ2) is 4.73. The van der Waals surface area contributed by atoms with Crippen LogP contribution < -0.4 is 0 Å². The lowest BCUT2D eigenvalue weighted by Gasteiger charge is -2.03. The molecule has 0 aliphatic carbocycles. The topological polar surface area (TPSA) is 32.9 Å². The second-order valence-electron chi connectivity index (χ2n) is 4.42. The molecule has 106 valence electrons. The van der Waals surface area contributed by atoms with Crippen LogP contribution in [0.3, 0.4) is 0 Å². The SMILES string of the molecule is O=Cc1c(-c2ccc(F)c(F)c2F)[nH]c2c(F)cccc12. The van der Waals surface area contributed by atoms with E-state index in [1.165, 1.54) is 18.2 Å². The zero-order chi connectivity index (χ0) is 15.1. The highest BCUT2D eigenvalue weighted by Gasteiger charge is 2.21. The molecule has 1 N–H and O–H groups in total. The monoisotopic (exact) mass is 293 g/mol. The van der Waals surface area contributed by atoms with Gasteiger partial charge in [0.25, 0.3) is 0 Å². The fourth-order valence-corrected chi connectivity index (χ4v) is 2.26. The van der Waals surface area contributed by atoms with Crippen molar-refractivity contribution >= 4 is 17.2 Å². The van der Waals surface area contributed by atoms with E-state index in [1.807, 2.05) is 0 Å². The summed E-state index contributed by atoms with van der Waals surface area (Å²) >= 11 is 0. The first-order valence-corrected chi connectivity index (χ1v) is 5.94. The molecular formula is C15H7F4NO. The first kappa shape index (κ1) is 13.4. The zero-order valence-electron chi connectivity index (χ0n) is 10.4. The van der Waals surface area contributed by atoms with Crippen molar-refractivity contribution in [3.63, 3.8) is 0 Å². The summed E-state index contributed by atoms with van der Waals surface area (Å²) in [6.07, 6.45) is 0.411. The minimum Gasteiger partial charge on any atom is -0.351 e. The van der Waals surface area contributed by atoms with Gasteiger partial charge in [-0.25, -0.2) is 17.6 Å². The van der Waals surface area contributed by atoms with Gasteiger partial charge in [-0.2, -0.15) is 0 Å². The maximum absolute atomic E-state index is 13.8. The van der Waals surface area contributed by atoms with Crippen LogP contribution in [0.1, 0.15) is 10.4 Å². The lowest BCUT2D eigenvalue weighted by atomic mass is 10.1. The van der Waals surface area contributed by atoms with Gasteiger partial charge < -0.3 is 4.98 Å². The highest BCUT2D eigenvalue weighted by atomic mass is 19.2. The summed E-state index contributed by atoms with van der Waals surface area (Å²) in [5.41, 5.74) is -0.457. The maximum Gasteiger partial charge on any atom is 0.195 e. The molecule has 2 aromatic carbocycles. The highest BCUT2D eigenvalue weighted by molar-refractivity contribution is 6.04. The summed E-state index contributed by atoms with van der Waals surface area (Å²) in [7, 11) is 0. The Hall–Kier alpha value is -2.63. The number of carbonyl (C=O) groups excluding carboxylic acids is 1. The van der Waals surface area contributed by atoms with E-state index in [9.17, 15) is 22.4 Å². The lowest BCUT2D eigenvalue weighted by Crippen LogP contribution is -1.95. The van der Waals surface area contributed by atoms with E-state index in [0.29, 0.717) is 6.29 Å². The van der Waals surface area contributed by atoms with E-state index in [-0.39, 0.29) is 27.7 Å². The highest BCUT2D eigenvalue weighted by Crippen LogP contribution is 2.33. The number of nitrogens with one attached hydrogen (secondary N) is 1. The number of hydrogen-bond acceptors (Lipinski definition) is 1. The molecular weight excluding hydrogens is 286 g/mol. The number of H-pyrrole nitrogens is 1. The molecule has 1 heterocycles. The van der Waals surface area contributed by atoms with E-state index in [0.717, 1.165) is 12.1 Å². The number of para-hydroxylation sites is 1. The lowest BCUT2D eigenvalue weighted by molar-refractivity contribution is 0.112. The van der Waals surface area contributed by atoms with Gasteiger partial charge in [0, 0.05) is 16.5 Å². The van der Waals surface area contributed by atoms with Crippen LogP contribution in [0, 0.1) is 23.3 Å². The first-order valence-electron chi connectivity index (χ1n) is 5.94. The van der Waals surface area contributed by atoms with E-state index in [2.05, 4.69) is 4.98 Å². The molecule has 3 rings (SSSR count). The van der Waals surface area contributed by atoms with Crippen LogP contribution in [0.4, 0.5) is 17.6 Å². The summed E-state index contributed by atoms with van der Waals surface area (Å²) in [4.78, 5) is 13.8. The van der Waals surface area contributed by atoms with E-state index in [4.69, 9.17) is 0 Å². The van der Waals surface area contributed by atoms with Gasteiger partial charge in [-0.1, -0.05) is 12.1 Å². The number of fused-ring (bicyclic) bond motifs is 1. The molecule has 0 aliphatic heterocycles. The van der Waals surface area contributed by atoms with Crippen LogP contribution in [0.2, 0.25) is 0 Å². The second-order valence-corrected chi connectivity index (χ2v) is 4.42. The van der Waals surface area contributed by atoms with E-state index >= 15 is 0 Å². The summed E-state index contributed by atoms with van der Waals surface area (Å²) in [6, 6.07) is 5.76. The molecule has 0 spiro atoms. The van der Waals surface area contributed by atoms with Crippen molar-refractivity contribution in [1.29, 1.82) is 0 Å². The van der Waals surface area contributed by atoms with Crippen molar-refractivity contribution in [3.8, 4) is 11.3 Å². The summed E-state index contributed by atoms with van der Waals surface area (Å²) in [6.45, 7) is 0. The number of halogens is 4. The van der Waals surface area contributed by atoms with Crippen molar-refractivity contribution in [2.45, 2.75) is 0 Å². The normalized spacial score (nSPS) is 11.0. The summed E-state index contributed by atoms with van der Waals surface area (Å²) in [5, 5.41) is 0.240. The van der Waals surface area contributed by atoms with Gasteiger partial charge in [0.15, 0.2) is 23.7 Å². The Kier molecular flexibility index (Phi) is 3.01. The van der Waals surface area contributed by atoms with Crippen molar-refractivity contribution in [2.24, 2.45) is 0 Å². The molecule has 0 saturated carbocycles. The van der Waals surface area contributed by atoms with Crippen LogP contribution >= 0.6 is 0 Å². The predicted octanol–water partition coefficient (Wildman–Crippen LogP) is 4.20. The molecule has 3 aromatic rings. The van der Waals surface area contributed by atoms with Crippen molar-refractivity contribution in [1.82, 2.24) is 4.98 Å². The molecule has 0 fully saturated rings. The number of hydrogen-bond donors (Lipinski definition) is 1. The average molecular weight is 293 g/mol. The number of aromatic nitrogens is 1. The van der Waals surface area contributed by atoms with Gasteiger partial charge in [-0.3, -0.25) is 4.79 Å². The van der Waals surface area contributed by atoms with Crippen LogP contribution in [0.5, 0.6) is 0 Å². The Morgan fingerprint density at radius 2 is 1.67 bits per heavy atom. The van der Waals surface area contributed by atoms with Gasteiger partial charge in [0.1, 0.15) is 5.82 Å². The van der Waals surface area contributed by atoms with Gasteiger partial charge in [0.2, 0.25) is 0 Å². The predicted molar refractivity (Wildman–Crippen MR) is 69.0 cm³/mol. The third kappa shape index (κ3) is 1.91. The number of carbonyl (C=O) groups is 1. The van der Waals surface area contributed by atoms with Crippen LogP contribution in [0.25, 0.3) is 22.2 Å². The fourth-order valence-electron chi connectivity index (χ4n) is 2.26. The molecule has 0 radical (unpaired) electrons. The third-order valence-corrected chi connectivity index (χ3v) is 3.25. The van der Waals surface area contributed by atoms with Crippen molar-refractivity contribution in [2.75, 3.05) is 0 Å². The largest absolute Gasteiger partial charge is 0.351 e. The number of aldehydes is 1. The van der Waals surface area contributed by atoms with Gasteiger partial charge in [-0.15, -0.1) is 0 Å². The molecule has 0 unspecified atom stereocenters. The van der Waals surface area contributed by atoms with Crippen molar-refractivity contribution in [3.05, 3.63) is 59.2 Å². The molecule has 2 nitrogen and oxygen atoms in total. The number of aromatic amines is 1. The van der Waals surface area contributed by atoms with Crippen LogP contribution in [0.15, 0.2) is 30.3 Å². The standard InChI is InChI=1S/C15H7F4NO/c16-10-5-4-8(12(18)13(10)19)14-9(6-21)7-2-1-3-11(17)15(7)20-14/h1-6,20H. The molecule has 0 aliphatic rings. The average Bonchev–Trinajstić information content (AvgIpc) is 2.85. The van der Waals surface area contributed by atoms with Crippen LogP contribution in [-0.2, 0) is 0 Å². The Labute approximate surface area is 116 Å². The maximum atomic E-state index is 13.8. The fraction of sp³-hybridized carbons (Fsp3) is 0. The number of rotatable bonds is 2. The minimum atomic E-state index is -1.65. The molecule has 0 saturated heterocycles. The van der Waals surface area contributed by atoms with E-state index < -0.39 is 23.3 Å². The molecule has 6 heteroatoms. The van der Waals surface area contributed by atoms with Gasteiger partial charge in [-0.05, 0) is 18.2 Å². The Balaban J connectivity index is 2.38. The number of benzene rings is 2. The van der Waals surface area contributed by atoms with Crippen LogP contribution in [-0.4, -0.2) is 11.3 Å². The van der Waals surface area contributed by atoms with Gasteiger partial charge in [0.05, 0.1) is 11.2 Å². The summed E-state index contributed by atoms with van der Waals surface area (Å²) < 4.78 is 53.8. The Bertz CT molecular complexity index is 870. The Morgan fingerprint density at radius 3 is 2.38 bits per heavy atom. The van der Waals surface area contributed by atoms with Crippen molar-refractivity contribution < 1.29 is 22.4 Å². The molecule has 0 atom stereocenters. The molecule has 0 bridgehead atoms. The Morgan fingerprint density at radius 1 is 0.905 bits per heavy atom. The van der Waals surface area contributed by atoms with E-state index in [1.54, 1.807) is 0 Å². The summed E-state index contributed by atoms with van der Waals surface area (Å²) in [5.74, 6) is -5.07. The molecule has 0 amide bonds. The smallest absolute Gasteiger partial charge is 0.195 e. The molecule has 21 heavy (non-hydrogen) atoms. The quantitative estimate of drug-likeness (QED) is 0.428. The van der Waals surface area contributed by atoms with Gasteiger partial charge >= 0.3 is 0 Å². The first-order chi connectivity index (χ1) is 10.0. The minimum absolute atomic E-state index is 0.00117. The third-order valence-electron chi connectivity index (χ3n) is 3.25. The molecule has 1 aromatic heterocycles. The zero-order valence-corrected chi connectivity index (χ0v) is 10.4.